The number of fused-ring (bicyclic) bond motifs is 1. The first kappa shape index (κ1) is 19.6. The number of benzene rings is 3. The van der Waals surface area contributed by atoms with Crippen LogP contribution in [0.15, 0.2) is 72.8 Å². The number of likely N-dealkylation sites (N-methyl/N-ethyl adjacent to an activating group) is 1. The first-order valence-corrected chi connectivity index (χ1v) is 9.59. The summed E-state index contributed by atoms with van der Waals surface area (Å²) in [6.45, 7) is 0.00668. The maximum absolute atomic E-state index is 14.9. The van der Waals surface area contributed by atoms with Gasteiger partial charge in [-0.2, -0.15) is 0 Å². The largest absolute Gasteiger partial charge is 0.476 e. The fourth-order valence-electron chi connectivity index (χ4n) is 3.49. The van der Waals surface area contributed by atoms with Crippen LogP contribution in [0.1, 0.15) is 10.4 Å². The molecule has 0 aliphatic carbocycles. The first-order valence-electron chi connectivity index (χ1n) is 9.59. The summed E-state index contributed by atoms with van der Waals surface area (Å²) in [5.41, 5.74) is 2.01. The van der Waals surface area contributed by atoms with Crippen molar-refractivity contribution in [1.82, 2.24) is 4.90 Å². The average molecular weight is 404 g/mol. The molecule has 0 saturated heterocycles. The van der Waals surface area contributed by atoms with Crippen molar-refractivity contribution < 1.29 is 18.7 Å². The van der Waals surface area contributed by atoms with Crippen LogP contribution in [0.25, 0.3) is 11.1 Å². The Hall–Kier alpha value is -3.67. The van der Waals surface area contributed by atoms with Gasteiger partial charge in [0.05, 0.1) is 17.8 Å². The second kappa shape index (κ2) is 7.99. The van der Waals surface area contributed by atoms with Crippen molar-refractivity contribution in [3.63, 3.8) is 0 Å². The Morgan fingerprint density at radius 3 is 2.37 bits per heavy atom. The van der Waals surface area contributed by atoms with E-state index >= 15 is 0 Å². The van der Waals surface area contributed by atoms with Gasteiger partial charge < -0.3 is 14.5 Å². The molecule has 0 aromatic heterocycles. The van der Waals surface area contributed by atoms with Crippen molar-refractivity contribution in [1.29, 1.82) is 0 Å². The number of hydrogen-bond acceptors (Lipinski definition) is 3. The van der Waals surface area contributed by atoms with Crippen LogP contribution in [-0.4, -0.2) is 43.5 Å². The van der Waals surface area contributed by atoms with E-state index in [-0.39, 0.29) is 18.0 Å². The number of nitrogens with zero attached hydrogens (tertiary/aromatic N) is 2. The molecule has 6 heteroatoms. The highest BCUT2D eigenvalue weighted by Crippen LogP contribution is 2.35. The molecule has 1 atom stereocenters. The zero-order chi connectivity index (χ0) is 21.3. The Bertz CT molecular complexity index is 1100. The third kappa shape index (κ3) is 3.64. The molecule has 152 valence electrons. The lowest BCUT2D eigenvalue weighted by Gasteiger charge is -2.35. The normalized spacial score (nSPS) is 15.2. The third-order valence-corrected chi connectivity index (χ3v) is 5.04. The van der Waals surface area contributed by atoms with E-state index < -0.39 is 17.8 Å². The molecule has 0 fully saturated rings. The van der Waals surface area contributed by atoms with Crippen molar-refractivity contribution in [3.8, 4) is 16.9 Å². The van der Waals surface area contributed by atoms with Crippen LogP contribution in [0.4, 0.5) is 10.1 Å². The zero-order valence-corrected chi connectivity index (χ0v) is 16.7. The van der Waals surface area contributed by atoms with Crippen LogP contribution in [0.3, 0.4) is 0 Å². The summed E-state index contributed by atoms with van der Waals surface area (Å²) in [4.78, 5) is 28.6. The molecular weight excluding hydrogens is 383 g/mol. The Kier molecular flexibility index (Phi) is 5.23. The Balaban J connectivity index is 1.69. The third-order valence-electron chi connectivity index (χ3n) is 5.04. The van der Waals surface area contributed by atoms with E-state index in [0.29, 0.717) is 17.0 Å². The zero-order valence-electron chi connectivity index (χ0n) is 16.7. The molecule has 0 spiro atoms. The van der Waals surface area contributed by atoms with E-state index in [0.717, 1.165) is 5.56 Å². The van der Waals surface area contributed by atoms with Crippen LogP contribution in [-0.2, 0) is 4.79 Å². The molecule has 0 bridgehead atoms. The van der Waals surface area contributed by atoms with Crippen LogP contribution in [0, 0.1) is 5.82 Å². The van der Waals surface area contributed by atoms with Crippen LogP contribution >= 0.6 is 0 Å². The van der Waals surface area contributed by atoms with E-state index in [4.69, 9.17) is 4.74 Å². The summed E-state index contributed by atoms with van der Waals surface area (Å²) in [5.74, 6) is -0.971. The van der Waals surface area contributed by atoms with Gasteiger partial charge in [-0.15, -0.1) is 0 Å². The van der Waals surface area contributed by atoms with E-state index in [1.165, 1.54) is 21.9 Å². The van der Waals surface area contributed by atoms with E-state index in [9.17, 15) is 14.0 Å². The molecule has 3 aromatic carbocycles. The highest BCUT2D eigenvalue weighted by molar-refractivity contribution is 6.08. The summed E-state index contributed by atoms with van der Waals surface area (Å²) >= 11 is 0. The van der Waals surface area contributed by atoms with E-state index in [2.05, 4.69) is 0 Å². The lowest BCUT2D eigenvalue weighted by Crippen LogP contribution is -2.50. The Morgan fingerprint density at radius 1 is 0.967 bits per heavy atom. The first-order chi connectivity index (χ1) is 14.5. The van der Waals surface area contributed by atoms with Gasteiger partial charge in [-0.25, -0.2) is 4.39 Å². The minimum atomic E-state index is -0.856. The number of amides is 2. The number of ether oxygens (including phenoxy) is 1. The fraction of sp³-hybridized carbons (Fsp3) is 0.167. The lowest BCUT2D eigenvalue weighted by molar-refractivity contribution is -0.135. The molecule has 1 aliphatic heterocycles. The number of halogens is 1. The van der Waals surface area contributed by atoms with E-state index in [1.54, 1.807) is 44.4 Å². The van der Waals surface area contributed by atoms with Gasteiger partial charge in [0.1, 0.15) is 11.6 Å². The maximum atomic E-state index is 14.9. The van der Waals surface area contributed by atoms with Crippen molar-refractivity contribution in [3.05, 3.63) is 84.2 Å². The maximum Gasteiger partial charge on any atom is 0.265 e. The summed E-state index contributed by atoms with van der Waals surface area (Å²) in [6, 6.07) is 20.9. The number of anilines is 1. The fourth-order valence-corrected chi connectivity index (χ4v) is 3.49. The molecule has 2 amide bonds. The van der Waals surface area contributed by atoms with Gasteiger partial charge in [-0.1, -0.05) is 48.5 Å². The Labute approximate surface area is 174 Å². The van der Waals surface area contributed by atoms with Crippen LogP contribution in [0.2, 0.25) is 0 Å². The van der Waals surface area contributed by atoms with Crippen LogP contribution < -0.4 is 9.64 Å². The second-order valence-corrected chi connectivity index (χ2v) is 7.28. The number of hydrogen-bond donors (Lipinski definition) is 0. The smallest absolute Gasteiger partial charge is 0.265 e. The van der Waals surface area contributed by atoms with Crippen molar-refractivity contribution in [2.75, 3.05) is 25.5 Å². The molecule has 3 aromatic rings. The second-order valence-electron chi connectivity index (χ2n) is 7.28. The van der Waals surface area contributed by atoms with Gasteiger partial charge in [-0.05, 0) is 35.4 Å². The lowest BCUT2D eigenvalue weighted by atomic mass is 10.0. The summed E-state index contributed by atoms with van der Waals surface area (Å²) in [7, 11) is 3.25. The molecule has 4 rings (SSSR count). The predicted octanol–water partition coefficient (Wildman–Crippen LogP) is 3.99. The topological polar surface area (TPSA) is 49.9 Å². The molecule has 0 radical (unpaired) electrons. The van der Waals surface area contributed by atoms with Gasteiger partial charge in [0.25, 0.3) is 11.8 Å². The SMILES string of the molecule is CN(C)C(=O)[C@@H]1CN(C(=O)c2ccc(-c3ccccc3)cc2F)c2ccccc2O1. The number of rotatable bonds is 3. The van der Waals surface area contributed by atoms with Crippen molar-refractivity contribution in [2.24, 2.45) is 0 Å². The molecule has 0 saturated carbocycles. The molecule has 0 unspecified atom stereocenters. The summed E-state index contributed by atoms with van der Waals surface area (Å²) in [6.07, 6.45) is -0.856. The monoisotopic (exact) mass is 404 g/mol. The summed E-state index contributed by atoms with van der Waals surface area (Å²) in [5, 5.41) is 0. The standard InChI is InChI=1S/C24H21FN2O3/c1-26(2)24(29)22-15-27(20-10-6-7-11-21(20)30-22)23(28)18-13-12-17(14-19(18)25)16-8-4-3-5-9-16/h3-14,22H,15H2,1-2H3/t22-/m0/s1. The number of para-hydroxylation sites is 2. The van der Waals surface area contributed by atoms with Crippen LogP contribution in [0.5, 0.6) is 5.75 Å². The minimum Gasteiger partial charge on any atom is -0.476 e. The Morgan fingerprint density at radius 2 is 1.67 bits per heavy atom. The molecule has 30 heavy (non-hydrogen) atoms. The highest BCUT2D eigenvalue weighted by Gasteiger charge is 2.35. The molecule has 1 aliphatic rings. The van der Waals surface area contributed by atoms with Gasteiger partial charge in [0.15, 0.2) is 6.10 Å². The van der Waals surface area contributed by atoms with E-state index in [1.807, 2.05) is 30.3 Å². The highest BCUT2D eigenvalue weighted by atomic mass is 19.1. The molecular formula is C24H21FN2O3. The van der Waals surface area contributed by atoms with Gasteiger partial charge >= 0.3 is 0 Å². The van der Waals surface area contributed by atoms with Gasteiger partial charge in [0.2, 0.25) is 0 Å². The minimum absolute atomic E-state index is 0.00668. The number of carbonyl (C=O) groups is 2. The molecule has 5 nitrogen and oxygen atoms in total. The number of carbonyl (C=O) groups excluding carboxylic acids is 2. The molecule has 1 heterocycles. The van der Waals surface area contributed by atoms with Crippen molar-refractivity contribution in [2.45, 2.75) is 6.10 Å². The predicted molar refractivity (Wildman–Crippen MR) is 113 cm³/mol. The quantitative estimate of drug-likeness (QED) is 0.663. The van der Waals surface area contributed by atoms with Gasteiger partial charge in [0, 0.05) is 14.1 Å². The molecule has 0 N–H and O–H groups in total. The summed E-state index contributed by atoms with van der Waals surface area (Å²) < 4.78 is 20.7. The van der Waals surface area contributed by atoms with Gasteiger partial charge in [-0.3, -0.25) is 9.59 Å². The average Bonchev–Trinajstić information content (AvgIpc) is 2.77. The van der Waals surface area contributed by atoms with Crippen molar-refractivity contribution >= 4 is 17.5 Å².